The Kier molecular flexibility index (Phi) is 5.58. The van der Waals surface area contributed by atoms with E-state index < -0.39 is 12.0 Å². The van der Waals surface area contributed by atoms with E-state index in [9.17, 15) is 9.18 Å². The fourth-order valence-electron chi connectivity index (χ4n) is 1.52. The zero-order valence-electron chi connectivity index (χ0n) is 9.54. The first-order chi connectivity index (χ1) is 8.06. The van der Waals surface area contributed by atoms with Crippen molar-refractivity contribution in [2.24, 2.45) is 0 Å². The molecule has 2 N–H and O–H groups in total. The second-order valence-electron chi connectivity index (χ2n) is 3.77. The van der Waals surface area contributed by atoms with Gasteiger partial charge in [0.25, 0.3) is 0 Å². The van der Waals surface area contributed by atoms with Crippen LogP contribution in [-0.4, -0.2) is 17.1 Å². The molecule has 0 radical (unpaired) electrons. The first kappa shape index (κ1) is 14.1. The van der Waals surface area contributed by atoms with E-state index in [4.69, 9.17) is 5.11 Å². The van der Waals surface area contributed by atoms with Crippen molar-refractivity contribution >= 4 is 21.9 Å². The van der Waals surface area contributed by atoms with Gasteiger partial charge in [0.05, 0.1) is 4.47 Å². The number of carbonyl (C=O) groups is 1. The van der Waals surface area contributed by atoms with Crippen LogP contribution in [0.2, 0.25) is 0 Å². The molecule has 17 heavy (non-hydrogen) atoms. The lowest BCUT2D eigenvalue weighted by atomic mass is 10.1. The van der Waals surface area contributed by atoms with E-state index in [0.29, 0.717) is 23.0 Å². The second kappa shape index (κ2) is 6.71. The largest absolute Gasteiger partial charge is 0.480 e. The monoisotopic (exact) mass is 303 g/mol. The van der Waals surface area contributed by atoms with Crippen molar-refractivity contribution in [3.63, 3.8) is 0 Å². The maximum Gasteiger partial charge on any atom is 0.320 e. The highest BCUT2D eigenvalue weighted by atomic mass is 79.9. The van der Waals surface area contributed by atoms with Crippen LogP contribution >= 0.6 is 15.9 Å². The van der Waals surface area contributed by atoms with Crippen molar-refractivity contribution in [2.45, 2.75) is 32.4 Å². The first-order valence-corrected chi connectivity index (χ1v) is 6.24. The number of halogens is 2. The van der Waals surface area contributed by atoms with Gasteiger partial charge in [-0.05, 0) is 34.0 Å². The fourth-order valence-corrected chi connectivity index (χ4v) is 1.92. The first-order valence-electron chi connectivity index (χ1n) is 5.45. The third-order valence-electron chi connectivity index (χ3n) is 2.45. The minimum atomic E-state index is -0.876. The summed E-state index contributed by atoms with van der Waals surface area (Å²) < 4.78 is 13.6. The quantitative estimate of drug-likeness (QED) is 0.849. The van der Waals surface area contributed by atoms with E-state index in [2.05, 4.69) is 21.2 Å². The standard InChI is InChI=1S/C12H15BrFNO2/c1-2-4-10(12(16)17)15-7-8-5-3-6-9(14)11(8)13/h3,5-6,10,15H,2,4,7H2,1H3,(H,16,17). The topological polar surface area (TPSA) is 49.3 Å². The van der Waals surface area contributed by atoms with Crippen molar-refractivity contribution in [1.82, 2.24) is 5.32 Å². The van der Waals surface area contributed by atoms with Crippen LogP contribution < -0.4 is 5.32 Å². The van der Waals surface area contributed by atoms with E-state index in [-0.39, 0.29) is 5.82 Å². The van der Waals surface area contributed by atoms with Gasteiger partial charge in [-0.25, -0.2) is 4.39 Å². The van der Waals surface area contributed by atoms with Gasteiger partial charge in [-0.1, -0.05) is 25.5 Å². The molecule has 0 aliphatic carbocycles. The molecule has 3 nitrogen and oxygen atoms in total. The van der Waals surface area contributed by atoms with Gasteiger partial charge in [0.1, 0.15) is 11.9 Å². The van der Waals surface area contributed by atoms with Crippen molar-refractivity contribution < 1.29 is 14.3 Å². The smallest absolute Gasteiger partial charge is 0.320 e. The van der Waals surface area contributed by atoms with Crippen LogP contribution in [0.1, 0.15) is 25.3 Å². The van der Waals surface area contributed by atoms with Crippen LogP contribution in [0, 0.1) is 5.82 Å². The highest BCUT2D eigenvalue weighted by molar-refractivity contribution is 9.10. The molecule has 1 aromatic carbocycles. The number of rotatable bonds is 6. The van der Waals surface area contributed by atoms with E-state index in [1.54, 1.807) is 12.1 Å². The van der Waals surface area contributed by atoms with Gasteiger partial charge in [-0.3, -0.25) is 4.79 Å². The summed E-state index contributed by atoms with van der Waals surface area (Å²) in [5.41, 5.74) is 0.715. The van der Waals surface area contributed by atoms with Gasteiger partial charge in [0.2, 0.25) is 0 Å². The average Bonchev–Trinajstić information content (AvgIpc) is 2.29. The van der Waals surface area contributed by atoms with Crippen LogP contribution in [0.4, 0.5) is 4.39 Å². The predicted octanol–water partition coefficient (Wildman–Crippen LogP) is 2.93. The summed E-state index contributed by atoms with van der Waals surface area (Å²) in [4.78, 5) is 10.9. The summed E-state index contributed by atoms with van der Waals surface area (Å²) in [5.74, 6) is -1.22. The predicted molar refractivity (Wildman–Crippen MR) is 67.3 cm³/mol. The molecule has 0 amide bonds. The van der Waals surface area contributed by atoms with Crippen molar-refractivity contribution in [3.8, 4) is 0 Å². The molecule has 1 aromatic rings. The van der Waals surface area contributed by atoms with E-state index in [0.717, 1.165) is 6.42 Å². The lowest BCUT2D eigenvalue weighted by Crippen LogP contribution is -2.36. The third-order valence-corrected chi connectivity index (χ3v) is 3.33. The van der Waals surface area contributed by atoms with Crippen molar-refractivity contribution in [3.05, 3.63) is 34.1 Å². The van der Waals surface area contributed by atoms with Crippen molar-refractivity contribution in [1.29, 1.82) is 0 Å². The zero-order valence-corrected chi connectivity index (χ0v) is 11.1. The summed E-state index contributed by atoms with van der Waals surface area (Å²) in [7, 11) is 0. The zero-order chi connectivity index (χ0) is 12.8. The van der Waals surface area contributed by atoms with Gasteiger partial charge < -0.3 is 10.4 Å². The number of hydrogen-bond acceptors (Lipinski definition) is 2. The maximum absolute atomic E-state index is 13.2. The van der Waals surface area contributed by atoms with Crippen LogP contribution in [-0.2, 0) is 11.3 Å². The molecule has 0 bridgehead atoms. The molecule has 0 spiro atoms. The normalized spacial score (nSPS) is 12.4. The molecule has 0 saturated heterocycles. The summed E-state index contributed by atoms with van der Waals surface area (Å²) in [5, 5.41) is 11.9. The van der Waals surface area contributed by atoms with E-state index in [1.807, 2.05) is 6.92 Å². The molecule has 1 atom stereocenters. The molecule has 1 rings (SSSR count). The number of benzene rings is 1. The highest BCUT2D eigenvalue weighted by Crippen LogP contribution is 2.20. The fraction of sp³-hybridized carbons (Fsp3) is 0.417. The van der Waals surface area contributed by atoms with Gasteiger partial charge in [-0.15, -0.1) is 0 Å². The summed E-state index contributed by atoms with van der Waals surface area (Å²) in [6.45, 7) is 2.25. The molecule has 94 valence electrons. The lowest BCUT2D eigenvalue weighted by molar-refractivity contribution is -0.139. The Bertz CT molecular complexity index is 398. The minimum Gasteiger partial charge on any atom is -0.480 e. The Morgan fingerprint density at radius 3 is 2.88 bits per heavy atom. The molecule has 5 heteroatoms. The molecule has 0 aliphatic rings. The highest BCUT2D eigenvalue weighted by Gasteiger charge is 2.16. The van der Waals surface area contributed by atoms with E-state index >= 15 is 0 Å². The molecular weight excluding hydrogens is 289 g/mol. The molecule has 0 fully saturated rings. The minimum absolute atomic E-state index is 0.329. The Balaban J connectivity index is 2.65. The second-order valence-corrected chi connectivity index (χ2v) is 4.57. The number of hydrogen-bond donors (Lipinski definition) is 2. The van der Waals surface area contributed by atoms with Crippen LogP contribution in [0.15, 0.2) is 22.7 Å². The molecule has 0 aliphatic heterocycles. The number of carboxylic acids is 1. The molecule has 0 heterocycles. The summed E-state index contributed by atoms with van der Waals surface area (Å²) >= 11 is 3.14. The SMILES string of the molecule is CCCC(NCc1cccc(F)c1Br)C(=O)O. The molecule has 0 saturated carbocycles. The van der Waals surface area contributed by atoms with E-state index in [1.165, 1.54) is 6.07 Å². The Hall–Kier alpha value is -0.940. The summed E-state index contributed by atoms with van der Waals surface area (Å²) in [6, 6.07) is 4.13. The summed E-state index contributed by atoms with van der Waals surface area (Å²) in [6.07, 6.45) is 1.34. The van der Waals surface area contributed by atoms with Gasteiger partial charge in [0.15, 0.2) is 0 Å². The molecular formula is C12H15BrFNO2. The Morgan fingerprint density at radius 2 is 2.29 bits per heavy atom. The Morgan fingerprint density at radius 1 is 1.59 bits per heavy atom. The Labute approximate surface area is 108 Å². The van der Waals surface area contributed by atoms with Crippen LogP contribution in [0.25, 0.3) is 0 Å². The van der Waals surface area contributed by atoms with Crippen molar-refractivity contribution in [2.75, 3.05) is 0 Å². The van der Waals surface area contributed by atoms with Gasteiger partial charge >= 0.3 is 5.97 Å². The molecule has 1 unspecified atom stereocenters. The van der Waals surface area contributed by atoms with Crippen LogP contribution in [0.5, 0.6) is 0 Å². The average molecular weight is 304 g/mol. The number of nitrogens with one attached hydrogen (secondary N) is 1. The lowest BCUT2D eigenvalue weighted by Gasteiger charge is -2.14. The number of carboxylic acid groups (broad SMARTS) is 1. The number of aliphatic carboxylic acids is 1. The maximum atomic E-state index is 13.2. The van der Waals surface area contributed by atoms with Gasteiger partial charge in [0, 0.05) is 6.54 Å². The third kappa shape index (κ3) is 4.09. The van der Waals surface area contributed by atoms with Crippen LogP contribution in [0.3, 0.4) is 0 Å². The molecule has 0 aromatic heterocycles. The van der Waals surface area contributed by atoms with Gasteiger partial charge in [-0.2, -0.15) is 0 Å².